The second kappa shape index (κ2) is 22.6. The largest absolute Gasteiger partial charge is 0.533 e. The van der Waals surface area contributed by atoms with Crippen molar-refractivity contribution in [2.24, 2.45) is 0 Å². The molecule has 0 bridgehead atoms. The number of amides is 6. The number of unbranched alkanes of at least 4 members (excludes halogenated alkanes) is 1. The number of nitrogens with zero attached hydrogens (tertiary/aromatic N) is 1. The third-order valence-electron chi connectivity index (χ3n) is 8.02. The highest BCUT2D eigenvalue weighted by molar-refractivity contribution is 6.01. The molecule has 19 nitrogen and oxygen atoms in total. The van der Waals surface area contributed by atoms with Gasteiger partial charge in [-0.05, 0) is 122 Å². The number of esters is 3. The lowest BCUT2D eigenvalue weighted by atomic mass is 10.0. The van der Waals surface area contributed by atoms with Crippen molar-refractivity contribution < 1.29 is 66.9 Å². The van der Waals surface area contributed by atoms with Gasteiger partial charge in [0.25, 0.3) is 11.8 Å². The van der Waals surface area contributed by atoms with Crippen LogP contribution >= 0.6 is 0 Å². The number of urea groups is 2. The van der Waals surface area contributed by atoms with Gasteiger partial charge in [0.05, 0.1) is 12.2 Å². The second-order valence-corrected chi connectivity index (χ2v) is 18.6. The number of carbonyl (C=O) groups excluding carboxylic acids is 8. The lowest BCUT2D eigenvalue weighted by Crippen LogP contribution is -2.53. The van der Waals surface area contributed by atoms with E-state index < -0.39 is 88.0 Å². The highest BCUT2D eigenvalue weighted by Crippen LogP contribution is 2.19. The van der Waals surface area contributed by atoms with E-state index in [1.54, 1.807) is 76.2 Å². The maximum atomic E-state index is 13.2. The van der Waals surface area contributed by atoms with Crippen LogP contribution in [0.3, 0.4) is 0 Å². The van der Waals surface area contributed by atoms with Gasteiger partial charge in [-0.15, -0.1) is 0 Å². The fourth-order valence-corrected chi connectivity index (χ4v) is 5.14. The van der Waals surface area contributed by atoms with Crippen LogP contribution in [0.1, 0.15) is 148 Å². The molecule has 0 saturated carbocycles. The van der Waals surface area contributed by atoms with Crippen molar-refractivity contribution in [1.29, 1.82) is 0 Å². The van der Waals surface area contributed by atoms with E-state index in [9.17, 15) is 38.4 Å². The summed E-state index contributed by atoms with van der Waals surface area (Å²) < 4.78 is 27.3. The molecule has 6 amide bonds. The molecule has 1 aliphatic rings. The van der Waals surface area contributed by atoms with Gasteiger partial charge in [-0.2, -0.15) is 0 Å². The van der Waals surface area contributed by atoms with Gasteiger partial charge >= 0.3 is 36.1 Å². The van der Waals surface area contributed by atoms with Crippen LogP contribution in [0.25, 0.3) is 0 Å². The van der Waals surface area contributed by atoms with Crippen LogP contribution in [0, 0.1) is 0 Å². The summed E-state index contributed by atoms with van der Waals surface area (Å²) >= 11 is 0. The highest BCUT2D eigenvalue weighted by atomic mass is 16.8. The van der Waals surface area contributed by atoms with Gasteiger partial charge in [0.15, 0.2) is 0 Å². The number of rotatable bonds is 21. The van der Waals surface area contributed by atoms with Crippen LogP contribution in [-0.2, 0) is 52.5 Å². The Bertz CT molecular complexity index is 1460. The minimum absolute atomic E-state index is 0.0243. The molecule has 19 heteroatoms. The van der Waals surface area contributed by atoms with E-state index >= 15 is 0 Å². The molecule has 2 unspecified atom stereocenters. The summed E-state index contributed by atoms with van der Waals surface area (Å²) in [5.74, 6) is -3.21. The number of nitrogens with one attached hydrogen (secondary N) is 4. The zero-order valence-corrected chi connectivity index (χ0v) is 37.3. The van der Waals surface area contributed by atoms with Crippen LogP contribution in [-0.4, -0.2) is 113 Å². The van der Waals surface area contributed by atoms with Gasteiger partial charge in [0.2, 0.25) is 0 Å². The molecule has 59 heavy (non-hydrogen) atoms. The third-order valence-corrected chi connectivity index (χ3v) is 8.02. The highest BCUT2D eigenvalue weighted by Gasteiger charge is 2.34. The molecule has 0 radical (unpaired) electrons. The lowest BCUT2D eigenvalue weighted by molar-refractivity contribution is -0.177. The molecule has 1 rings (SSSR count). The number of hydrogen-bond donors (Lipinski definition) is 4. The molecule has 0 aliphatic carbocycles. The Labute approximate surface area is 348 Å². The van der Waals surface area contributed by atoms with Gasteiger partial charge in [-0.1, -0.05) is 5.06 Å². The van der Waals surface area contributed by atoms with Gasteiger partial charge in [0, 0.05) is 44.4 Å². The summed E-state index contributed by atoms with van der Waals surface area (Å²) in [4.78, 5) is 104. The van der Waals surface area contributed by atoms with E-state index in [1.165, 1.54) is 0 Å². The minimum atomic E-state index is -1.22. The number of hydrogen-bond acceptors (Lipinski definition) is 14. The van der Waals surface area contributed by atoms with Crippen LogP contribution in [0.2, 0.25) is 0 Å². The van der Waals surface area contributed by atoms with E-state index in [2.05, 4.69) is 26.1 Å². The fraction of sp³-hybridized carbons (Fsp3) is 0.800. The lowest BCUT2D eigenvalue weighted by Gasteiger charge is -2.30. The van der Waals surface area contributed by atoms with E-state index in [4.69, 9.17) is 23.7 Å². The van der Waals surface area contributed by atoms with Crippen molar-refractivity contribution in [1.82, 2.24) is 26.3 Å². The first-order valence-electron chi connectivity index (χ1n) is 20.0. The molecular weight excluding hydrogens is 774 g/mol. The van der Waals surface area contributed by atoms with Crippen molar-refractivity contribution in [3.63, 3.8) is 0 Å². The standard InChI is InChI=1S/C40H69N5O14/c1-36(2,3)56-30(48)20-17-27(32(50)58-38(7,8)9)43-34(52)42-26(31(49)57-37(4,5)6)16-14-15-23-41-33(51)44-39(10,11)21-25-55-40(12,13)22-24-54-35(53)59-45-28(46)18-19-29(45)47/h26-27H,14-25H2,1-13H3,(H2,41,44,51)(H2,42,43,52). The van der Waals surface area contributed by atoms with E-state index in [0.29, 0.717) is 24.3 Å². The number of hydroxylamine groups is 2. The van der Waals surface area contributed by atoms with Crippen LogP contribution in [0.15, 0.2) is 0 Å². The van der Waals surface area contributed by atoms with Gasteiger partial charge in [-0.25, -0.2) is 24.0 Å². The predicted molar refractivity (Wildman–Crippen MR) is 213 cm³/mol. The summed E-state index contributed by atoms with van der Waals surface area (Å²) in [7, 11) is 0. The SMILES string of the molecule is CC(C)(CCOC(C)(C)CCOC(=O)ON1C(=O)CCC1=O)NC(=O)NCCCCC(NC(=O)NC(CCC(=O)OC(C)(C)C)C(=O)OC(C)(C)C)C(=O)OC(C)(C)C. The molecule has 1 fully saturated rings. The first kappa shape index (κ1) is 52.3. The normalized spacial score (nSPS) is 14.8. The predicted octanol–water partition coefficient (Wildman–Crippen LogP) is 4.87. The average Bonchev–Trinajstić information content (AvgIpc) is 3.34. The zero-order chi connectivity index (χ0) is 45.4. The smallest absolute Gasteiger partial charge is 0.460 e. The first-order valence-corrected chi connectivity index (χ1v) is 20.0. The van der Waals surface area contributed by atoms with E-state index in [1.807, 2.05) is 13.8 Å². The molecule has 0 spiro atoms. The van der Waals surface area contributed by atoms with Crippen LogP contribution < -0.4 is 21.3 Å². The average molecular weight is 844 g/mol. The first-order chi connectivity index (χ1) is 26.9. The van der Waals surface area contributed by atoms with Crippen molar-refractivity contribution in [3.05, 3.63) is 0 Å². The van der Waals surface area contributed by atoms with Gasteiger partial charge in [-0.3, -0.25) is 19.2 Å². The quantitative estimate of drug-likeness (QED) is 0.0522. The summed E-state index contributed by atoms with van der Waals surface area (Å²) in [6.07, 6.45) is 0.246. The van der Waals surface area contributed by atoms with Crippen molar-refractivity contribution >= 4 is 47.9 Å². The maximum absolute atomic E-state index is 13.2. The molecule has 1 aliphatic heterocycles. The Morgan fingerprint density at radius 2 is 1.15 bits per heavy atom. The summed E-state index contributed by atoms with van der Waals surface area (Å²) in [6.45, 7) is 22.9. The molecule has 4 N–H and O–H groups in total. The summed E-state index contributed by atoms with van der Waals surface area (Å²) in [6, 6.07) is -3.57. The Morgan fingerprint density at radius 1 is 0.644 bits per heavy atom. The fourth-order valence-electron chi connectivity index (χ4n) is 5.14. The van der Waals surface area contributed by atoms with Gasteiger partial charge < -0.3 is 45.0 Å². The van der Waals surface area contributed by atoms with Crippen molar-refractivity contribution in [3.8, 4) is 0 Å². The minimum Gasteiger partial charge on any atom is -0.460 e. The Kier molecular flexibility index (Phi) is 20.1. The number of imide groups is 1. The molecule has 1 saturated heterocycles. The monoisotopic (exact) mass is 843 g/mol. The Hall–Kier alpha value is -4.68. The summed E-state index contributed by atoms with van der Waals surface area (Å²) in [5, 5.41) is 11.2. The zero-order valence-electron chi connectivity index (χ0n) is 37.3. The molecule has 0 aromatic rings. The molecule has 0 aromatic heterocycles. The molecule has 2 atom stereocenters. The van der Waals surface area contributed by atoms with Crippen LogP contribution in [0.5, 0.6) is 0 Å². The molecule has 1 heterocycles. The van der Waals surface area contributed by atoms with E-state index in [-0.39, 0.29) is 58.3 Å². The maximum Gasteiger partial charge on any atom is 0.533 e. The number of ether oxygens (including phenoxy) is 5. The Balaban J connectivity index is 2.64. The van der Waals surface area contributed by atoms with Crippen molar-refractivity contribution in [2.45, 2.75) is 188 Å². The van der Waals surface area contributed by atoms with Crippen molar-refractivity contribution in [2.75, 3.05) is 19.8 Å². The molecule has 0 aromatic carbocycles. The van der Waals surface area contributed by atoms with E-state index in [0.717, 1.165) is 0 Å². The Morgan fingerprint density at radius 3 is 1.66 bits per heavy atom. The second-order valence-electron chi connectivity index (χ2n) is 18.6. The third kappa shape index (κ3) is 24.1. The topological polar surface area (TPSA) is 243 Å². The van der Waals surface area contributed by atoms with Crippen LogP contribution in [0.4, 0.5) is 14.4 Å². The molecule has 338 valence electrons. The number of carbonyl (C=O) groups is 8. The van der Waals surface area contributed by atoms with Gasteiger partial charge in [0.1, 0.15) is 28.9 Å². The summed E-state index contributed by atoms with van der Waals surface area (Å²) in [5.41, 5.74) is -3.84. The molecular formula is C40H69N5O14.